The third-order valence-electron chi connectivity index (χ3n) is 3.02. The molecule has 0 aliphatic rings. The summed E-state index contributed by atoms with van der Waals surface area (Å²) in [5, 5.41) is 4.30. The smallest absolute Gasteiger partial charge is 0.0470 e. The van der Waals surface area contributed by atoms with Gasteiger partial charge in [0.1, 0.15) is 0 Å². The van der Waals surface area contributed by atoms with E-state index in [4.69, 9.17) is 5.73 Å². The third kappa shape index (κ3) is 3.42. The average Bonchev–Trinajstić information content (AvgIpc) is 2.85. The van der Waals surface area contributed by atoms with Crippen molar-refractivity contribution in [3.8, 4) is 0 Å². The Hall–Kier alpha value is -0.680. The van der Waals surface area contributed by atoms with Gasteiger partial charge in [-0.3, -0.25) is 4.90 Å². The zero-order valence-corrected chi connectivity index (χ0v) is 12.7. The summed E-state index contributed by atoms with van der Waals surface area (Å²) in [6.07, 6.45) is 0. The largest absolute Gasteiger partial charge is 0.329 e. The fraction of sp³-hybridized carbons (Fsp3) is 0.286. The lowest BCUT2D eigenvalue weighted by Gasteiger charge is -2.27. The van der Waals surface area contributed by atoms with E-state index in [1.807, 2.05) is 0 Å². The van der Waals surface area contributed by atoms with E-state index in [1.165, 1.54) is 11.1 Å². The van der Waals surface area contributed by atoms with Gasteiger partial charge in [-0.15, -0.1) is 0 Å². The number of nitrogens with two attached hydrogens (primary N) is 1. The SMILES string of the molecule is CN(Cc1ccsc1)C(CN)c1ccc(Br)cc1. The molecule has 1 heterocycles. The molecular weight excluding hydrogens is 308 g/mol. The van der Waals surface area contributed by atoms with Crippen molar-refractivity contribution in [1.29, 1.82) is 0 Å². The van der Waals surface area contributed by atoms with Gasteiger partial charge in [-0.2, -0.15) is 11.3 Å². The van der Waals surface area contributed by atoms with Crippen LogP contribution in [-0.4, -0.2) is 18.5 Å². The molecule has 1 atom stereocenters. The number of thiophene rings is 1. The van der Waals surface area contributed by atoms with E-state index in [0.717, 1.165) is 11.0 Å². The number of hydrogen-bond acceptors (Lipinski definition) is 3. The van der Waals surface area contributed by atoms with Crippen LogP contribution in [0.25, 0.3) is 0 Å². The molecule has 2 rings (SSSR count). The predicted octanol–water partition coefficient (Wildman–Crippen LogP) is 3.64. The van der Waals surface area contributed by atoms with E-state index in [0.29, 0.717) is 6.54 Å². The van der Waals surface area contributed by atoms with Gasteiger partial charge in [0.05, 0.1) is 0 Å². The van der Waals surface area contributed by atoms with Crippen LogP contribution in [0, 0.1) is 0 Å². The van der Waals surface area contributed by atoms with E-state index in [-0.39, 0.29) is 6.04 Å². The molecule has 0 saturated heterocycles. The lowest BCUT2D eigenvalue weighted by Crippen LogP contribution is -2.30. The zero-order chi connectivity index (χ0) is 13.0. The molecule has 18 heavy (non-hydrogen) atoms. The van der Waals surface area contributed by atoms with Crippen molar-refractivity contribution in [2.45, 2.75) is 12.6 Å². The molecule has 2 N–H and O–H groups in total. The average molecular weight is 325 g/mol. The van der Waals surface area contributed by atoms with Crippen LogP contribution in [0.4, 0.5) is 0 Å². The van der Waals surface area contributed by atoms with Gasteiger partial charge < -0.3 is 5.73 Å². The van der Waals surface area contributed by atoms with E-state index >= 15 is 0 Å². The Labute approximate surface area is 121 Å². The molecule has 1 unspecified atom stereocenters. The van der Waals surface area contributed by atoms with Crippen molar-refractivity contribution in [2.75, 3.05) is 13.6 Å². The second-order valence-corrected chi connectivity index (χ2v) is 6.05. The lowest BCUT2D eigenvalue weighted by molar-refractivity contribution is 0.242. The zero-order valence-electron chi connectivity index (χ0n) is 10.3. The minimum atomic E-state index is 0.262. The van der Waals surface area contributed by atoms with Crippen LogP contribution >= 0.6 is 27.3 Å². The molecular formula is C14H17BrN2S. The highest BCUT2D eigenvalue weighted by atomic mass is 79.9. The van der Waals surface area contributed by atoms with Gasteiger partial charge in [0.15, 0.2) is 0 Å². The van der Waals surface area contributed by atoms with Crippen molar-refractivity contribution in [2.24, 2.45) is 5.73 Å². The molecule has 2 nitrogen and oxygen atoms in total. The summed E-state index contributed by atoms with van der Waals surface area (Å²) in [4.78, 5) is 2.30. The number of halogens is 1. The summed E-state index contributed by atoms with van der Waals surface area (Å²) < 4.78 is 1.10. The maximum absolute atomic E-state index is 5.92. The summed E-state index contributed by atoms with van der Waals surface area (Å²) in [5.74, 6) is 0. The first kappa shape index (κ1) is 13.7. The minimum Gasteiger partial charge on any atom is -0.329 e. The summed E-state index contributed by atoms with van der Waals surface area (Å²) >= 11 is 5.19. The Balaban J connectivity index is 2.10. The quantitative estimate of drug-likeness (QED) is 0.909. The number of nitrogens with zero attached hydrogens (tertiary/aromatic N) is 1. The Morgan fingerprint density at radius 2 is 2.00 bits per heavy atom. The molecule has 2 aromatic rings. The van der Waals surface area contributed by atoms with Crippen LogP contribution < -0.4 is 5.73 Å². The molecule has 0 spiro atoms. The highest BCUT2D eigenvalue weighted by molar-refractivity contribution is 9.10. The maximum atomic E-state index is 5.92. The van der Waals surface area contributed by atoms with Gasteiger partial charge in [0, 0.05) is 23.6 Å². The molecule has 1 aromatic carbocycles. The molecule has 0 fully saturated rings. The minimum absolute atomic E-state index is 0.262. The Kier molecular flexibility index (Phi) is 4.95. The van der Waals surface area contributed by atoms with Gasteiger partial charge in [-0.25, -0.2) is 0 Å². The van der Waals surface area contributed by atoms with Crippen LogP contribution in [-0.2, 0) is 6.54 Å². The number of likely N-dealkylation sites (N-methyl/N-ethyl adjacent to an activating group) is 1. The molecule has 0 radical (unpaired) electrons. The first-order valence-electron chi connectivity index (χ1n) is 5.87. The van der Waals surface area contributed by atoms with Crippen molar-refractivity contribution < 1.29 is 0 Å². The van der Waals surface area contributed by atoms with Crippen LogP contribution in [0.5, 0.6) is 0 Å². The second-order valence-electron chi connectivity index (χ2n) is 4.35. The monoisotopic (exact) mass is 324 g/mol. The Morgan fingerprint density at radius 3 is 2.56 bits per heavy atom. The Morgan fingerprint density at radius 1 is 1.28 bits per heavy atom. The number of benzene rings is 1. The molecule has 0 aliphatic carbocycles. The molecule has 0 amide bonds. The van der Waals surface area contributed by atoms with Crippen molar-refractivity contribution in [1.82, 2.24) is 4.90 Å². The van der Waals surface area contributed by atoms with Crippen LogP contribution in [0.3, 0.4) is 0 Å². The fourth-order valence-corrected chi connectivity index (χ4v) is 2.96. The standard InChI is InChI=1S/C14H17BrN2S/c1-17(9-11-6-7-18-10-11)14(8-16)12-2-4-13(15)5-3-12/h2-7,10,14H,8-9,16H2,1H3. The number of hydrogen-bond donors (Lipinski definition) is 1. The molecule has 1 aromatic heterocycles. The maximum Gasteiger partial charge on any atom is 0.0470 e. The molecule has 0 aliphatic heterocycles. The first-order valence-corrected chi connectivity index (χ1v) is 7.61. The van der Waals surface area contributed by atoms with Crippen molar-refractivity contribution in [3.05, 3.63) is 56.7 Å². The molecule has 0 saturated carbocycles. The third-order valence-corrected chi connectivity index (χ3v) is 4.28. The van der Waals surface area contributed by atoms with Gasteiger partial charge in [-0.1, -0.05) is 28.1 Å². The van der Waals surface area contributed by atoms with Gasteiger partial charge in [-0.05, 0) is 47.1 Å². The van der Waals surface area contributed by atoms with Gasteiger partial charge in [0.2, 0.25) is 0 Å². The van der Waals surface area contributed by atoms with E-state index in [2.05, 4.69) is 69.0 Å². The highest BCUT2D eigenvalue weighted by Crippen LogP contribution is 2.22. The number of rotatable bonds is 5. The van der Waals surface area contributed by atoms with E-state index in [1.54, 1.807) is 11.3 Å². The van der Waals surface area contributed by atoms with E-state index < -0.39 is 0 Å². The second kappa shape index (κ2) is 6.48. The summed E-state index contributed by atoms with van der Waals surface area (Å²) in [7, 11) is 2.12. The predicted molar refractivity (Wildman–Crippen MR) is 81.7 cm³/mol. The first-order chi connectivity index (χ1) is 8.70. The molecule has 96 valence electrons. The van der Waals surface area contributed by atoms with Crippen LogP contribution in [0.2, 0.25) is 0 Å². The normalized spacial score (nSPS) is 12.9. The Bertz CT molecular complexity index is 467. The topological polar surface area (TPSA) is 29.3 Å². The van der Waals surface area contributed by atoms with Crippen LogP contribution in [0.15, 0.2) is 45.6 Å². The highest BCUT2D eigenvalue weighted by Gasteiger charge is 2.15. The van der Waals surface area contributed by atoms with E-state index in [9.17, 15) is 0 Å². The lowest BCUT2D eigenvalue weighted by atomic mass is 10.1. The van der Waals surface area contributed by atoms with Crippen LogP contribution in [0.1, 0.15) is 17.2 Å². The molecule has 0 bridgehead atoms. The van der Waals surface area contributed by atoms with Crippen molar-refractivity contribution >= 4 is 27.3 Å². The van der Waals surface area contributed by atoms with Gasteiger partial charge in [0.25, 0.3) is 0 Å². The summed E-state index contributed by atoms with van der Waals surface area (Å²) in [6, 6.07) is 10.8. The van der Waals surface area contributed by atoms with Gasteiger partial charge >= 0.3 is 0 Å². The summed E-state index contributed by atoms with van der Waals surface area (Å²) in [5.41, 5.74) is 8.53. The molecule has 4 heteroatoms. The fourth-order valence-electron chi connectivity index (χ4n) is 2.04. The van der Waals surface area contributed by atoms with Crippen molar-refractivity contribution in [3.63, 3.8) is 0 Å². The summed E-state index contributed by atoms with van der Waals surface area (Å²) in [6.45, 7) is 1.56.